The molecule has 0 aromatic heterocycles. The van der Waals surface area contributed by atoms with Crippen LogP contribution in [0.25, 0.3) is 0 Å². The summed E-state index contributed by atoms with van der Waals surface area (Å²) < 4.78 is 10.1. The van der Waals surface area contributed by atoms with Gasteiger partial charge in [-0.15, -0.1) is 0 Å². The summed E-state index contributed by atoms with van der Waals surface area (Å²) in [6.45, 7) is 6.22. The third kappa shape index (κ3) is 8.99. The fourth-order valence-electron chi connectivity index (χ4n) is 0.679. The van der Waals surface area contributed by atoms with Gasteiger partial charge in [0, 0.05) is 0 Å². The van der Waals surface area contributed by atoms with Gasteiger partial charge in [-0.1, -0.05) is 0 Å². The average molecular weight is 203 g/mol. The Hall–Kier alpha value is -1.10. The summed E-state index contributed by atoms with van der Waals surface area (Å²) in [5.41, 5.74) is -0.229. The molecule has 0 aromatic carbocycles. The molecule has 0 saturated carbocycles. The Morgan fingerprint density at radius 3 is 2.50 bits per heavy atom. The van der Waals surface area contributed by atoms with Gasteiger partial charge in [-0.05, 0) is 20.8 Å². The summed E-state index contributed by atoms with van der Waals surface area (Å²) in [7, 11) is 0. The van der Waals surface area contributed by atoms with Crippen LogP contribution in [0.1, 0.15) is 20.8 Å². The number of ether oxygens (including phenoxy) is 2. The Bertz CT molecular complexity index is 186. The molecular weight excluding hydrogens is 186 g/mol. The smallest absolute Gasteiger partial charge is 0.325 e. The molecule has 0 radical (unpaired) electrons. The maximum Gasteiger partial charge on any atom is 0.325 e. The van der Waals surface area contributed by atoms with Crippen molar-refractivity contribution in [2.24, 2.45) is 0 Å². The quantitative estimate of drug-likeness (QED) is 0.377. The Balaban J connectivity index is 3.36. The van der Waals surface area contributed by atoms with Gasteiger partial charge in [0.05, 0.1) is 12.2 Å². The minimum absolute atomic E-state index is 0.0982. The van der Waals surface area contributed by atoms with Gasteiger partial charge >= 0.3 is 5.97 Å². The number of rotatable bonds is 6. The van der Waals surface area contributed by atoms with Crippen LogP contribution in [0.5, 0.6) is 0 Å². The van der Waals surface area contributed by atoms with Gasteiger partial charge < -0.3 is 14.8 Å². The number of amides is 1. The van der Waals surface area contributed by atoms with Crippen molar-refractivity contribution in [3.05, 3.63) is 0 Å². The highest BCUT2D eigenvalue weighted by Crippen LogP contribution is 2.05. The molecule has 5 heteroatoms. The summed E-state index contributed by atoms with van der Waals surface area (Å²) in [6.07, 6.45) is 0.451. The van der Waals surface area contributed by atoms with E-state index in [1.807, 2.05) is 20.8 Å². The number of nitrogens with one attached hydrogen (secondary N) is 1. The zero-order valence-corrected chi connectivity index (χ0v) is 8.83. The predicted octanol–water partition coefficient (Wildman–Crippen LogP) is 0.0907. The van der Waals surface area contributed by atoms with E-state index in [-0.39, 0.29) is 18.8 Å². The average Bonchev–Trinajstić information content (AvgIpc) is 2.07. The Morgan fingerprint density at radius 2 is 2.00 bits per heavy atom. The fourth-order valence-corrected chi connectivity index (χ4v) is 0.679. The van der Waals surface area contributed by atoms with Gasteiger partial charge in [-0.3, -0.25) is 9.59 Å². The third-order valence-electron chi connectivity index (χ3n) is 1.21. The number of carbonyl (C=O) groups excluding carboxylic acids is 2. The number of esters is 1. The van der Waals surface area contributed by atoms with Crippen LogP contribution in [-0.4, -0.2) is 37.7 Å². The molecule has 0 aromatic rings. The largest absolute Gasteiger partial charge is 0.462 e. The minimum Gasteiger partial charge on any atom is -0.462 e. The molecule has 0 aliphatic carbocycles. The van der Waals surface area contributed by atoms with Crippen molar-refractivity contribution in [1.29, 1.82) is 0 Å². The van der Waals surface area contributed by atoms with E-state index in [1.54, 1.807) is 0 Å². The zero-order valence-electron chi connectivity index (χ0n) is 8.83. The minimum atomic E-state index is -0.463. The molecule has 0 rings (SSSR count). The van der Waals surface area contributed by atoms with Crippen molar-refractivity contribution < 1.29 is 19.1 Å². The highest BCUT2D eigenvalue weighted by molar-refractivity contribution is 5.73. The van der Waals surface area contributed by atoms with Crippen molar-refractivity contribution >= 4 is 12.4 Å². The van der Waals surface area contributed by atoms with Gasteiger partial charge in [0.1, 0.15) is 13.2 Å². The molecule has 1 N–H and O–H groups in total. The number of carbonyl (C=O) groups is 2. The number of hydrogen-bond donors (Lipinski definition) is 1. The molecule has 82 valence electrons. The molecule has 0 aliphatic heterocycles. The maximum atomic E-state index is 10.8. The van der Waals surface area contributed by atoms with Crippen LogP contribution >= 0.6 is 0 Å². The molecule has 1 amide bonds. The van der Waals surface area contributed by atoms with Crippen molar-refractivity contribution in [2.75, 3.05) is 19.8 Å². The summed E-state index contributed by atoms with van der Waals surface area (Å²) >= 11 is 0. The normalized spacial score (nSPS) is 10.8. The molecule has 0 heterocycles. The molecule has 0 unspecified atom stereocenters. The highest BCUT2D eigenvalue weighted by atomic mass is 16.6. The lowest BCUT2D eigenvalue weighted by Gasteiger charge is -2.19. The van der Waals surface area contributed by atoms with Crippen molar-refractivity contribution in [2.45, 2.75) is 26.4 Å². The van der Waals surface area contributed by atoms with Crippen molar-refractivity contribution in [3.8, 4) is 0 Å². The van der Waals surface area contributed by atoms with Crippen LogP contribution in [0, 0.1) is 0 Å². The second-order valence-electron chi connectivity index (χ2n) is 3.68. The molecule has 0 saturated heterocycles. The summed E-state index contributed by atoms with van der Waals surface area (Å²) in [5.74, 6) is -0.463. The second-order valence-corrected chi connectivity index (χ2v) is 3.68. The third-order valence-corrected chi connectivity index (χ3v) is 1.21. The van der Waals surface area contributed by atoms with Crippen LogP contribution in [-0.2, 0) is 19.1 Å². The van der Waals surface area contributed by atoms with Crippen LogP contribution < -0.4 is 5.32 Å². The molecule has 0 bridgehead atoms. The lowest BCUT2D eigenvalue weighted by atomic mass is 10.2. The van der Waals surface area contributed by atoms with E-state index in [4.69, 9.17) is 9.47 Å². The lowest BCUT2D eigenvalue weighted by Crippen LogP contribution is -2.26. The van der Waals surface area contributed by atoms with Crippen LogP contribution in [0.15, 0.2) is 0 Å². The first-order chi connectivity index (χ1) is 6.45. The molecule has 0 spiro atoms. The summed E-state index contributed by atoms with van der Waals surface area (Å²) in [5, 5.41) is 2.21. The first kappa shape index (κ1) is 12.9. The van der Waals surface area contributed by atoms with Crippen molar-refractivity contribution in [3.63, 3.8) is 0 Å². The van der Waals surface area contributed by atoms with Gasteiger partial charge in [0.2, 0.25) is 6.41 Å². The van der Waals surface area contributed by atoms with E-state index in [1.165, 1.54) is 0 Å². The maximum absolute atomic E-state index is 10.8. The van der Waals surface area contributed by atoms with E-state index in [9.17, 15) is 9.59 Å². The standard InChI is InChI=1S/C9H17NO4/c1-9(2,3)14-5-4-13-8(12)6-10-7-11/h7H,4-6H2,1-3H3,(H,10,11). The topological polar surface area (TPSA) is 64.6 Å². The predicted molar refractivity (Wildman–Crippen MR) is 50.7 cm³/mol. The Morgan fingerprint density at radius 1 is 1.36 bits per heavy atom. The molecule has 14 heavy (non-hydrogen) atoms. The molecule has 0 atom stereocenters. The van der Waals surface area contributed by atoms with E-state index in [0.717, 1.165) is 0 Å². The first-order valence-electron chi connectivity index (χ1n) is 4.42. The van der Waals surface area contributed by atoms with Gasteiger partial charge in [-0.2, -0.15) is 0 Å². The van der Waals surface area contributed by atoms with Gasteiger partial charge in [-0.25, -0.2) is 0 Å². The molecule has 0 aliphatic rings. The van der Waals surface area contributed by atoms with E-state index in [0.29, 0.717) is 13.0 Å². The summed E-state index contributed by atoms with van der Waals surface area (Å²) in [4.78, 5) is 20.7. The number of hydrogen-bond acceptors (Lipinski definition) is 4. The van der Waals surface area contributed by atoms with E-state index < -0.39 is 5.97 Å². The monoisotopic (exact) mass is 203 g/mol. The first-order valence-corrected chi connectivity index (χ1v) is 4.42. The van der Waals surface area contributed by atoms with Gasteiger partial charge in [0.15, 0.2) is 0 Å². The van der Waals surface area contributed by atoms with Crippen LogP contribution in [0.4, 0.5) is 0 Å². The van der Waals surface area contributed by atoms with Crippen molar-refractivity contribution in [1.82, 2.24) is 5.32 Å². The fraction of sp³-hybridized carbons (Fsp3) is 0.778. The van der Waals surface area contributed by atoms with Crippen LogP contribution in [0.3, 0.4) is 0 Å². The second kappa shape index (κ2) is 6.37. The Kier molecular flexibility index (Phi) is 5.87. The zero-order chi connectivity index (χ0) is 11.0. The SMILES string of the molecule is CC(C)(C)OCCOC(=O)CNC=O. The van der Waals surface area contributed by atoms with E-state index >= 15 is 0 Å². The van der Waals surface area contributed by atoms with Gasteiger partial charge in [0.25, 0.3) is 0 Å². The highest BCUT2D eigenvalue weighted by Gasteiger charge is 2.09. The molecule has 5 nitrogen and oxygen atoms in total. The Labute approximate surface area is 83.8 Å². The molecular formula is C9H17NO4. The summed E-state index contributed by atoms with van der Waals surface area (Å²) in [6, 6.07) is 0. The van der Waals surface area contributed by atoms with Crippen LogP contribution in [0.2, 0.25) is 0 Å². The lowest BCUT2D eigenvalue weighted by molar-refractivity contribution is -0.146. The van der Waals surface area contributed by atoms with E-state index in [2.05, 4.69) is 5.32 Å². The molecule has 0 fully saturated rings.